The van der Waals surface area contributed by atoms with Crippen LogP contribution < -0.4 is 16.4 Å². The van der Waals surface area contributed by atoms with Gasteiger partial charge in [0, 0.05) is 5.92 Å². The quantitative estimate of drug-likeness (QED) is 0.646. The normalized spacial score (nSPS) is 17.0. The van der Waals surface area contributed by atoms with E-state index < -0.39 is 6.04 Å². The second kappa shape index (κ2) is 7.74. The molecule has 2 amide bonds. The molecule has 1 aromatic heterocycles. The van der Waals surface area contributed by atoms with Gasteiger partial charge in [0.05, 0.1) is 12.6 Å². The van der Waals surface area contributed by atoms with E-state index in [1.165, 1.54) is 0 Å². The van der Waals surface area contributed by atoms with Gasteiger partial charge < -0.3 is 20.9 Å². The average Bonchev–Trinajstić information content (AvgIpc) is 3.27. The van der Waals surface area contributed by atoms with Crippen LogP contribution in [-0.4, -0.2) is 34.5 Å². The molecule has 2 rings (SSSR count). The summed E-state index contributed by atoms with van der Waals surface area (Å²) in [5.74, 6) is 0.944. The molecule has 8 heteroatoms. The van der Waals surface area contributed by atoms with E-state index in [9.17, 15) is 9.59 Å². The maximum Gasteiger partial charge on any atom is 0.249 e. The van der Waals surface area contributed by atoms with Gasteiger partial charge in [-0.15, -0.1) is 0 Å². The van der Waals surface area contributed by atoms with Crippen LogP contribution in [-0.2, 0) is 9.59 Å². The Hall–Kier alpha value is -1.96. The fraction of sp³-hybridized carbons (Fsp3) is 0.750. The van der Waals surface area contributed by atoms with Crippen LogP contribution >= 0.6 is 0 Å². The Morgan fingerprint density at radius 3 is 2.46 bits per heavy atom. The highest BCUT2D eigenvalue weighted by Gasteiger charge is 2.31. The van der Waals surface area contributed by atoms with Gasteiger partial charge in [0.25, 0.3) is 0 Å². The van der Waals surface area contributed by atoms with Gasteiger partial charge in [0.1, 0.15) is 6.04 Å². The maximum atomic E-state index is 12.1. The smallest absolute Gasteiger partial charge is 0.249 e. The lowest BCUT2D eigenvalue weighted by Gasteiger charge is -2.19. The number of rotatable bonds is 8. The lowest BCUT2D eigenvalue weighted by Crippen LogP contribution is -2.47. The lowest BCUT2D eigenvalue weighted by molar-refractivity contribution is -0.127. The van der Waals surface area contributed by atoms with Gasteiger partial charge >= 0.3 is 0 Å². The molecule has 8 nitrogen and oxygen atoms in total. The molecule has 0 aromatic carbocycles. The highest BCUT2D eigenvalue weighted by Crippen LogP contribution is 2.38. The van der Waals surface area contributed by atoms with Crippen molar-refractivity contribution in [3.63, 3.8) is 0 Å². The van der Waals surface area contributed by atoms with E-state index in [1.54, 1.807) is 0 Å². The Bertz CT molecular complexity index is 580. The number of hydrogen-bond donors (Lipinski definition) is 3. The van der Waals surface area contributed by atoms with E-state index in [0.29, 0.717) is 17.6 Å². The number of carbonyl (C=O) groups excluding carboxylic acids is 2. The number of nitrogens with one attached hydrogen (secondary N) is 2. The van der Waals surface area contributed by atoms with Crippen molar-refractivity contribution >= 4 is 11.8 Å². The summed E-state index contributed by atoms with van der Waals surface area (Å²) in [6.07, 6.45) is 2.17. The summed E-state index contributed by atoms with van der Waals surface area (Å²) in [6, 6.07) is -1.01. The Balaban J connectivity index is 1.89. The van der Waals surface area contributed by atoms with E-state index in [2.05, 4.69) is 20.8 Å². The number of aromatic nitrogens is 2. The predicted octanol–water partition coefficient (Wildman–Crippen LogP) is 0.860. The van der Waals surface area contributed by atoms with E-state index >= 15 is 0 Å². The molecule has 1 aliphatic rings. The zero-order valence-electron chi connectivity index (χ0n) is 14.7. The van der Waals surface area contributed by atoms with Crippen LogP contribution in [0.1, 0.15) is 64.2 Å². The van der Waals surface area contributed by atoms with Crippen LogP contribution in [0.15, 0.2) is 4.52 Å². The van der Waals surface area contributed by atoms with Gasteiger partial charge in [-0.3, -0.25) is 9.59 Å². The summed E-state index contributed by atoms with van der Waals surface area (Å²) in [5.41, 5.74) is 5.75. The SMILES string of the molecule is CC(C)C(NC(=O)CNC(=O)[C@@H](N)C(C)C)c1nc(C2CC2)no1. The maximum absolute atomic E-state index is 12.1. The highest BCUT2D eigenvalue weighted by molar-refractivity contribution is 5.87. The minimum atomic E-state index is -0.629. The number of carbonyl (C=O) groups is 2. The Morgan fingerprint density at radius 2 is 1.92 bits per heavy atom. The number of nitrogens with two attached hydrogens (primary N) is 1. The molecule has 0 radical (unpaired) electrons. The van der Waals surface area contributed by atoms with E-state index in [0.717, 1.165) is 12.8 Å². The van der Waals surface area contributed by atoms with Crippen molar-refractivity contribution in [2.24, 2.45) is 17.6 Å². The Morgan fingerprint density at radius 1 is 1.25 bits per heavy atom. The first-order chi connectivity index (χ1) is 11.3. The first-order valence-corrected chi connectivity index (χ1v) is 8.45. The van der Waals surface area contributed by atoms with Gasteiger partial charge in [0.2, 0.25) is 17.7 Å². The van der Waals surface area contributed by atoms with Gasteiger partial charge in [-0.25, -0.2) is 0 Å². The lowest BCUT2D eigenvalue weighted by atomic mass is 10.0. The molecule has 1 fully saturated rings. The van der Waals surface area contributed by atoms with Gasteiger partial charge in [-0.1, -0.05) is 32.9 Å². The third kappa shape index (κ3) is 4.77. The molecule has 1 unspecified atom stereocenters. The molecule has 0 aliphatic heterocycles. The standard InChI is InChI=1S/C16H27N5O3/c1-8(2)12(17)15(23)18-7-11(22)19-13(9(3)4)16-20-14(21-24-16)10-5-6-10/h8-10,12-13H,5-7,17H2,1-4H3,(H,18,23)(H,19,22)/t12-,13?/m0/s1. The molecule has 0 bridgehead atoms. The van der Waals surface area contributed by atoms with E-state index in [1.807, 2.05) is 27.7 Å². The Labute approximate surface area is 141 Å². The van der Waals surface area contributed by atoms with Crippen molar-refractivity contribution in [3.8, 4) is 0 Å². The van der Waals surface area contributed by atoms with Gasteiger partial charge in [0.15, 0.2) is 5.82 Å². The van der Waals surface area contributed by atoms with Gasteiger partial charge in [-0.2, -0.15) is 4.98 Å². The van der Waals surface area contributed by atoms with Crippen LogP contribution in [0.25, 0.3) is 0 Å². The largest absolute Gasteiger partial charge is 0.346 e. The van der Waals surface area contributed by atoms with Crippen molar-refractivity contribution in [1.82, 2.24) is 20.8 Å². The van der Waals surface area contributed by atoms with E-state index in [4.69, 9.17) is 10.3 Å². The number of hydrogen-bond acceptors (Lipinski definition) is 6. The summed E-state index contributed by atoms with van der Waals surface area (Å²) >= 11 is 0. The molecule has 134 valence electrons. The second-order valence-corrected chi connectivity index (χ2v) is 7.04. The Kier molecular flexibility index (Phi) is 5.93. The zero-order chi connectivity index (χ0) is 17.9. The third-order valence-electron chi connectivity index (χ3n) is 4.09. The van der Waals surface area contributed by atoms with Crippen LogP contribution in [0.5, 0.6) is 0 Å². The first kappa shape index (κ1) is 18.4. The van der Waals surface area contributed by atoms with Crippen molar-refractivity contribution in [2.75, 3.05) is 6.54 Å². The summed E-state index contributed by atoms with van der Waals surface area (Å²) < 4.78 is 5.30. The zero-order valence-corrected chi connectivity index (χ0v) is 14.7. The van der Waals surface area contributed by atoms with Gasteiger partial charge in [-0.05, 0) is 24.7 Å². The minimum absolute atomic E-state index is 0.00992. The van der Waals surface area contributed by atoms with Crippen LogP contribution in [0.4, 0.5) is 0 Å². The predicted molar refractivity (Wildman–Crippen MR) is 87.8 cm³/mol. The van der Waals surface area contributed by atoms with Crippen LogP contribution in [0.2, 0.25) is 0 Å². The molecule has 1 aromatic rings. The second-order valence-electron chi connectivity index (χ2n) is 7.04. The molecule has 0 saturated heterocycles. The molecular formula is C16H27N5O3. The summed E-state index contributed by atoms with van der Waals surface area (Å²) in [5, 5.41) is 9.37. The monoisotopic (exact) mass is 337 g/mol. The molecule has 0 spiro atoms. The van der Waals surface area contributed by atoms with Crippen molar-refractivity contribution < 1.29 is 14.1 Å². The molecular weight excluding hydrogens is 310 g/mol. The van der Waals surface area contributed by atoms with E-state index in [-0.39, 0.29) is 36.2 Å². The topological polar surface area (TPSA) is 123 Å². The van der Waals surface area contributed by atoms with Crippen LogP contribution in [0, 0.1) is 11.8 Å². The summed E-state index contributed by atoms with van der Waals surface area (Å²) in [7, 11) is 0. The van der Waals surface area contributed by atoms with Crippen molar-refractivity contribution in [1.29, 1.82) is 0 Å². The van der Waals surface area contributed by atoms with Crippen molar-refractivity contribution in [3.05, 3.63) is 11.7 Å². The highest BCUT2D eigenvalue weighted by atomic mass is 16.5. The molecule has 4 N–H and O–H groups in total. The third-order valence-corrected chi connectivity index (χ3v) is 4.09. The average molecular weight is 337 g/mol. The molecule has 1 heterocycles. The number of nitrogens with zero attached hydrogens (tertiary/aromatic N) is 2. The summed E-state index contributed by atoms with van der Waals surface area (Å²) in [4.78, 5) is 28.3. The fourth-order valence-corrected chi connectivity index (χ4v) is 2.21. The van der Waals surface area contributed by atoms with Crippen molar-refractivity contribution in [2.45, 2.75) is 58.5 Å². The fourth-order valence-electron chi connectivity index (χ4n) is 2.21. The number of amides is 2. The molecule has 24 heavy (non-hydrogen) atoms. The molecule has 1 aliphatic carbocycles. The van der Waals surface area contributed by atoms with Crippen LogP contribution in [0.3, 0.4) is 0 Å². The first-order valence-electron chi connectivity index (χ1n) is 8.45. The summed E-state index contributed by atoms with van der Waals surface area (Å²) in [6.45, 7) is 7.49. The minimum Gasteiger partial charge on any atom is -0.346 e. The molecule has 1 saturated carbocycles. The molecule has 2 atom stereocenters.